The molecule has 0 spiro atoms. The zero-order valence-corrected chi connectivity index (χ0v) is 11.7. The standard InChI is InChI=1S/C15H30N2/c1-14(2)9-3-4-10-15(14,12-16)17-11-5-6-13-7-8-13/h13,17H,3-12,16H2,1-2H3. The fourth-order valence-electron chi connectivity index (χ4n) is 3.47. The Bertz CT molecular complexity index is 245. The first-order valence-electron chi connectivity index (χ1n) is 7.55. The van der Waals surface area contributed by atoms with Crippen molar-refractivity contribution < 1.29 is 0 Å². The molecule has 0 saturated heterocycles. The molecular formula is C15H30N2. The largest absolute Gasteiger partial charge is 0.329 e. The molecule has 2 aliphatic rings. The van der Waals surface area contributed by atoms with E-state index in [4.69, 9.17) is 5.73 Å². The molecule has 2 rings (SSSR count). The molecule has 0 aliphatic heterocycles. The SMILES string of the molecule is CC1(C)CCCCC1(CN)NCCCC1CC1. The normalized spacial score (nSPS) is 32.6. The Kier molecular flexibility index (Phi) is 4.14. The molecule has 100 valence electrons. The van der Waals surface area contributed by atoms with E-state index in [9.17, 15) is 0 Å². The first kappa shape index (κ1) is 13.4. The molecule has 1 atom stereocenters. The van der Waals surface area contributed by atoms with Crippen molar-refractivity contribution in [3.63, 3.8) is 0 Å². The summed E-state index contributed by atoms with van der Waals surface area (Å²) in [6.45, 7) is 6.75. The average Bonchev–Trinajstić information content (AvgIpc) is 3.10. The van der Waals surface area contributed by atoms with Crippen molar-refractivity contribution in [1.82, 2.24) is 5.32 Å². The van der Waals surface area contributed by atoms with Gasteiger partial charge in [0, 0.05) is 12.1 Å². The Labute approximate surface area is 107 Å². The minimum atomic E-state index is 0.203. The molecular weight excluding hydrogens is 208 g/mol. The van der Waals surface area contributed by atoms with E-state index in [2.05, 4.69) is 19.2 Å². The molecule has 0 radical (unpaired) electrons. The monoisotopic (exact) mass is 238 g/mol. The van der Waals surface area contributed by atoms with Crippen molar-refractivity contribution in [1.29, 1.82) is 0 Å². The van der Waals surface area contributed by atoms with E-state index in [0.717, 1.165) is 19.0 Å². The Morgan fingerprint density at radius 3 is 2.47 bits per heavy atom. The third kappa shape index (κ3) is 3.03. The Balaban J connectivity index is 1.83. The fraction of sp³-hybridized carbons (Fsp3) is 1.00. The summed E-state index contributed by atoms with van der Waals surface area (Å²) in [6, 6.07) is 0. The highest BCUT2D eigenvalue weighted by Gasteiger charge is 2.44. The van der Waals surface area contributed by atoms with E-state index in [0.29, 0.717) is 5.41 Å². The summed E-state index contributed by atoms with van der Waals surface area (Å²) >= 11 is 0. The van der Waals surface area contributed by atoms with Gasteiger partial charge in [0.25, 0.3) is 0 Å². The van der Waals surface area contributed by atoms with Crippen LogP contribution in [-0.2, 0) is 0 Å². The molecule has 3 N–H and O–H groups in total. The summed E-state index contributed by atoms with van der Waals surface area (Å²) in [7, 11) is 0. The second-order valence-electron chi connectivity index (χ2n) is 6.89. The van der Waals surface area contributed by atoms with Gasteiger partial charge in [-0.15, -0.1) is 0 Å². The summed E-state index contributed by atoms with van der Waals surface area (Å²) < 4.78 is 0. The molecule has 0 amide bonds. The second kappa shape index (κ2) is 5.27. The molecule has 0 aromatic heterocycles. The topological polar surface area (TPSA) is 38.0 Å². The highest BCUT2D eigenvalue weighted by Crippen LogP contribution is 2.43. The molecule has 0 heterocycles. The lowest BCUT2D eigenvalue weighted by Gasteiger charge is -2.50. The van der Waals surface area contributed by atoms with E-state index < -0.39 is 0 Å². The van der Waals surface area contributed by atoms with Crippen LogP contribution in [-0.4, -0.2) is 18.6 Å². The quantitative estimate of drug-likeness (QED) is 0.698. The van der Waals surface area contributed by atoms with Crippen LogP contribution in [0.5, 0.6) is 0 Å². The van der Waals surface area contributed by atoms with Crippen LogP contribution in [0.25, 0.3) is 0 Å². The van der Waals surface area contributed by atoms with Crippen molar-refractivity contribution in [3.8, 4) is 0 Å². The van der Waals surface area contributed by atoms with Crippen molar-refractivity contribution in [2.24, 2.45) is 17.1 Å². The minimum Gasteiger partial charge on any atom is -0.329 e. The van der Waals surface area contributed by atoms with E-state index in [-0.39, 0.29) is 5.54 Å². The molecule has 2 fully saturated rings. The van der Waals surface area contributed by atoms with E-state index in [1.54, 1.807) is 0 Å². The maximum Gasteiger partial charge on any atom is 0.0355 e. The zero-order valence-electron chi connectivity index (χ0n) is 11.7. The number of nitrogens with two attached hydrogens (primary N) is 1. The van der Waals surface area contributed by atoms with Crippen LogP contribution in [0.1, 0.15) is 65.2 Å². The number of nitrogens with one attached hydrogen (secondary N) is 1. The molecule has 2 heteroatoms. The third-order valence-electron chi connectivity index (χ3n) is 5.25. The fourth-order valence-corrected chi connectivity index (χ4v) is 3.47. The van der Waals surface area contributed by atoms with Crippen molar-refractivity contribution >= 4 is 0 Å². The number of hydrogen-bond acceptors (Lipinski definition) is 2. The van der Waals surface area contributed by atoms with Gasteiger partial charge in [-0.1, -0.05) is 39.5 Å². The van der Waals surface area contributed by atoms with Crippen LogP contribution < -0.4 is 11.1 Å². The van der Waals surface area contributed by atoms with Crippen LogP contribution >= 0.6 is 0 Å². The van der Waals surface area contributed by atoms with Gasteiger partial charge in [-0.25, -0.2) is 0 Å². The lowest BCUT2D eigenvalue weighted by Crippen LogP contribution is -2.62. The maximum atomic E-state index is 6.11. The first-order valence-corrected chi connectivity index (χ1v) is 7.55. The van der Waals surface area contributed by atoms with Gasteiger partial charge in [0.15, 0.2) is 0 Å². The number of hydrogen-bond donors (Lipinski definition) is 2. The molecule has 0 aromatic carbocycles. The van der Waals surface area contributed by atoms with Crippen LogP contribution in [0.15, 0.2) is 0 Å². The summed E-state index contributed by atoms with van der Waals surface area (Å²) in [5.41, 5.74) is 6.67. The van der Waals surface area contributed by atoms with Gasteiger partial charge in [-0.05, 0) is 43.6 Å². The van der Waals surface area contributed by atoms with Gasteiger partial charge in [0.1, 0.15) is 0 Å². The van der Waals surface area contributed by atoms with E-state index in [1.165, 1.54) is 51.4 Å². The maximum absolute atomic E-state index is 6.11. The zero-order chi connectivity index (χ0) is 12.4. The summed E-state index contributed by atoms with van der Waals surface area (Å²) in [6.07, 6.45) is 11.0. The van der Waals surface area contributed by atoms with Crippen molar-refractivity contribution in [3.05, 3.63) is 0 Å². The Morgan fingerprint density at radius 1 is 1.18 bits per heavy atom. The molecule has 2 aliphatic carbocycles. The summed E-state index contributed by atoms with van der Waals surface area (Å²) in [5, 5.41) is 3.83. The van der Waals surface area contributed by atoms with Gasteiger partial charge in [0.05, 0.1) is 0 Å². The van der Waals surface area contributed by atoms with Crippen molar-refractivity contribution in [2.75, 3.05) is 13.1 Å². The lowest BCUT2D eigenvalue weighted by molar-refractivity contribution is 0.0688. The highest BCUT2D eigenvalue weighted by atomic mass is 15.0. The van der Waals surface area contributed by atoms with Crippen LogP contribution in [0.2, 0.25) is 0 Å². The molecule has 2 nitrogen and oxygen atoms in total. The van der Waals surface area contributed by atoms with Gasteiger partial charge >= 0.3 is 0 Å². The van der Waals surface area contributed by atoms with Crippen LogP contribution in [0.4, 0.5) is 0 Å². The second-order valence-corrected chi connectivity index (χ2v) is 6.89. The van der Waals surface area contributed by atoms with Crippen molar-refractivity contribution in [2.45, 2.75) is 70.8 Å². The third-order valence-corrected chi connectivity index (χ3v) is 5.25. The molecule has 0 bridgehead atoms. The van der Waals surface area contributed by atoms with Gasteiger partial charge < -0.3 is 11.1 Å². The summed E-state index contributed by atoms with van der Waals surface area (Å²) in [5.74, 6) is 1.06. The lowest BCUT2D eigenvalue weighted by atomic mass is 9.63. The first-order chi connectivity index (χ1) is 8.10. The average molecular weight is 238 g/mol. The molecule has 17 heavy (non-hydrogen) atoms. The Morgan fingerprint density at radius 2 is 1.88 bits per heavy atom. The molecule has 1 unspecified atom stereocenters. The Hall–Kier alpha value is -0.0800. The molecule has 0 aromatic rings. The van der Waals surface area contributed by atoms with E-state index in [1.807, 2.05) is 0 Å². The van der Waals surface area contributed by atoms with Crippen LogP contribution in [0, 0.1) is 11.3 Å². The van der Waals surface area contributed by atoms with Crippen LogP contribution in [0.3, 0.4) is 0 Å². The van der Waals surface area contributed by atoms with Gasteiger partial charge in [-0.3, -0.25) is 0 Å². The molecule has 2 saturated carbocycles. The minimum absolute atomic E-state index is 0.203. The predicted molar refractivity (Wildman–Crippen MR) is 74.0 cm³/mol. The smallest absolute Gasteiger partial charge is 0.0355 e. The summed E-state index contributed by atoms with van der Waals surface area (Å²) in [4.78, 5) is 0. The van der Waals surface area contributed by atoms with Gasteiger partial charge in [0.2, 0.25) is 0 Å². The highest BCUT2D eigenvalue weighted by molar-refractivity contribution is 5.03. The number of rotatable bonds is 6. The predicted octanol–water partition coefficient (Wildman–Crippen LogP) is 3.06. The van der Waals surface area contributed by atoms with E-state index >= 15 is 0 Å². The van der Waals surface area contributed by atoms with Gasteiger partial charge in [-0.2, -0.15) is 0 Å².